The molecule has 0 bridgehead atoms. The van der Waals surface area contributed by atoms with Crippen molar-refractivity contribution in [1.82, 2.24) is 9.47 Å². The van der Waals surface area contributed by atoms with E-state index < -0.39 is 0 Å². The van der Waals surface area contributed by atoms with Crippen LogP contribution in [-0.2, 0) is 4.79 Å². The van der Waals surface area contributed by atoms with Crippen molar-refractivity contribution in [2.75, 3.05) is 25.5 Å². The maximum Gasteiger partial charge on any atom is 0.266 e. The van der Waals surface area contributed by atoms with Crippen molar-refractivity contribution in [3.05, 3.63) is 81.9 Å². The van der Waals surface area contributed by atoms with Gasteiger partial charge < -0.3 is 9.47 Å². The first-order chi connectivity index (χ1) is 15.0. The van der Waals surface area contributed by atoms with Crippen LogP contribution >= 0.6 is 27.7 Å². The maximum absolute atomic E-state index is 13.0. The molecule has 0 spiro atoms. The number of carbonyl (C=O) groups is 1. The summed E-state index contributed by atoms with van der Waals surface area (Å²) < 4.78 is 3.08. The number of amidine groups is 1. The molecule has 1 aromatic heterocycles. The zero-order valence-corrected chi connectivity index (χ0v) is 20.0. The standard InChI is InChI=1S/C24H23BrN4OS/c1-4-28-23(30)22(31-24(28)26-18-10-12-19(13-11-18)27(2)3)16-21-9-6-14-29(21)20-8-5-7-17(25)15-20/h5-16H,4H2,1-3H3/b22-16-,26-24?. The third kappa shape index (κ3) is 4.62. The molecule has 0 saturated carbocycles. The first kappa shape index (κ1) is 21.5. The molecular weight excluding hydrogens is 472 g/mol. The van der Waals surface area contributed by atoms with Gasteiger partial charge in [0, 0.05) is 48.4 Å². The minimum Gasteiger partial charge on any atom is -0.378 e. The highest BCUT2D eigenvalue weighted by Crippen LogP contribution is 2.34. The Labute approximate surface area is 195 Å². The van der Waals surface area contributed by atoms with Crippen LogP contribution in [0, 0.1) is 0 Å². The SMILES string of the molecule is CCN1C(=O)/C(=C/c2cccn2-c2cccc(Br)c2)SC1=Nc1ccc(N(C)C)cc1. The maximum atomic E-state index is 13.0. The highest BCUT2D eigenvalue weighted by molar-refractivity contribution is 9.10. The monoisotopic (exact) mass is 494 g/mol. The van der Waals surface area contributed by atoms with E-state index in [1.165, 1.54) is 11.8 Å². The topological polar surface area (TPSA) is 40.8 Å². The molecular formula is C24H23BrN4OS. The summed E-state index contributed by atoms with van der Waals surface area (Å²) in [5, 5.41) is 0.705. The van der Waals surface area contributed by atoms with Crippen molar-refractivity contribution in [3.63, 3.8) is 0 Å². The van der Waals surface area contributed by atoms with Gasteiger partial charge in [-0.3, -0.25) is 9.69 Å². The fourth-order valence-electron chi connectivity index (χ4n) is 3.31. The van der Waals surface area contributed by atoms with Gasteiger partial charge in [-0.1, -0.05) is 22.0 Å². The number of hydrogen-bond acceptors (Lipinski definition) is 4. The van der Waals surface area contributed by atoms with E-state index in [-0.39, 0.29) is 5.91 Å². The summed E-state index contributed by atoms with van der Waals surface area (Å²) in [4.78, 5) is 22.2. The van der Waals surface area contributed by atoms with Gasteiger partial charge >= 0.3 is 0 Å². The summed E-state index contributed by atoms with van der Waals surface area (Å²) >= 11 is 4.94. The number of anilines is 1. The Hall–Kier alpha value is -2.77. The van der Waals surface area contributed by atoms with Gasteiger partial charge in [0.15, 0.2) is 5.17 Å². The van der Waals surface area contributed by atoms with Crippen LogP contribution in [0.15, 0.2) is 81.2 Å². The lowest BCUT2D eigenvalue weighted by molar-refractivity contribution is -0.122. The number of likely N-dealkylation sites (N-methyl/N-ethyl adjacent to an activating group) is 1. The second-order valence-corrected chi connectivity index (χ2v) is 9.17. The lowest BCUT2D eigenvalue weighted by Gasteiger charge is -2.13. The number of thioether (sulfide) groups is 1. The normalized spacial score (nSPS) is 16.5. The van der Waals surface area contributed by atoms with Gasteiger partial charge in [-0.05, 0) is 79.4 Å². The molecule has 2 aromatic carbocycles. The number of carbonyl (C=O) groups excluding carboxylic acids is 1. The predicted molar refractivity (Wildman–Crippen MR) is 134 cm³/mol. The fraction of sp³-hybridized carbons (Fsp3) is 0.167. The number of hydrogen-bond donors (Lipinski definition) is 0. The van der Waals surface area contributed by atoms with Crippen LogP contribution in [0.1, 0.15) is 12.6 Å². The van der Waals surface area contributed by atoms with Crippen molar-refractivity contribution < 1.29 is 4.79 Å². The second kappa shape index (κ2) is 9.16. The molecule has 1 aliphatic rings. The van der Waals surface area contributed by atoms with Crippen molar-refractivity contribution in [1.29, 1.82) is 0 Å². The molecule has 0 unspecified atom stereocenters. The summed E-state index contributed by atoms with van der Waals surface area (Å²) in [6.45, 7) is 2.54. The smallest absolute Gasteiger partial charge is 0.266 e. The summed E-state index contributed by atoms with van der Waals surface area (Å²) in [6, 6.07) is 20.1. The van der Waals surface area contributed by atoms with Gasteiger partial charge in [-0.15, -0.1) is 0 Å². The number of nitrogens with zero attached hydrogens (tertiary/aromatic N) is 4. The summed E-state index contributed by atoms with van der Waals surface area (Å²) in [5.41, 5.74) is 3.92. The van der Waals surface area contributed by atoms with Crippen LogP contribution in [0.25, 0.3) is 11.8 Å². The van der Waals surface area contributed by atoms with Crippen LogP contribution in [0.3, 0.4) is 0 Å². The van der Waals surface area contributed by atoms with E-state index >= 15 is 0 Å². The van der Waals surface area contributed by atoms with Crippen molar-refractivity contribution in [3.8, 4) is 5.69 Å². The van der Waals surface area contributed by atoms with E-state index in [2.05, 4.69) is 20.5 Å². The molecule has 0 aliphatic carbocycles. The Bertz CT molecular complexity index is 1160. The minimum absolute atomic E-state index is 0.0156. The quantitative estimate of drug-likeness (QED) is 0.412. The zero-order chi connectivity index (χ0) is 22.0. The van der Waals surface area contributed by atoms with Crippen molar-refractivity contribution in [2.45, 2.75) is 6.92 Å². The summed E-state index contributed by atoms with van der Waals surface area (Å²) in [6.07, 6.45) is 3.94. The molecule has 7 heteroatoms. The Morgan fingerprint density at radius 2 is 1.87 bits per heavy atom. The highest BCUT2D eigenvalue weighted by atomic mass is 79.9. The molecule has 3 aromatic rings. The first-order valence-corrected chi connectivity index (χ1v) is 11.6. The lowest BCUT2D eigenvalue weighted by atomic mass is 10.3. The van der Waals surface area contributed by atoms with Crippen molar-refractivity contribution >= 4 is 56.2 Å². The molecule has 31 heavy (non-hydrogen) atoms. The number of aliphatic imine (C=N–C) groups is 1. The van der Waals surface area contributed by atoms with Gasteiger partial charge in [0.05, 0.1) is 10.6 Å². The van der Waals surface area contributed by atoms with Crippen LogP contribution < -0.4 is 4.90 Å². The molecule has 0 radical (unpaired) electrons. The van der Waals surface area contributed by atoms with Gasteiger partial charge in [-0.2, -0.15) is 0 Å². The second-order valence-electron chi connectivity index (χ2n) is 7.25. The average Bonchev–Trinajstić information content (AvgIpc) is 3.33. The zero-order valence-electron chi connectivity index (χ0n) is 17.6. The van der Waals surface area contributed by atoms with Crippen LogP contribution in [-0.4, -0.2) is 41.2 Å². The van der Waals surface area contributed by atoms with Gasteiger partial charge in [0.2, 0.25) is 0 Å². The van der Waals surface area contributed by atoms with Crippen LogP contribution in [0.5, 0.6) is 0 Å². The molecule has 5 nitrogen and oxygen atoms in total. The highest BCUT2D eigenvalue weighted by Gasteiger charge is 2.32. The minimum atomic E-state index is -0.0156. The molecule has 0 atom stereocenters. The van der Waals surface area contributed by atoms with Gasteiger partial charge in [0.25, 0.3) is 5.91 Å². The molecule has 1 saturated heterocycles. The third-order valence-corrected chi connectivity index (χ3v) is 6.44. The third-order valence-electron chi connectivity index (χ3n) is 4.94. The van der Waals surface area contributed by atoms with E-state index in [0.717, 1.165) is 27.2 Å². The molecule has 0 N–H and O–H groups in total. The van der Waals surface area contributed by atoms with Gasteiger partial charge in [-0.25, -0.2) is 4.99 Å². The average molecular weight is 495 g/mol. The summed E-state index contributed by atoms with van der Waals surface area (Å²) in [7, 11) is 4.01. The van der Waals surface area contributed by atoms with Gasteiger partial charge in [0.1, 0.15) is 0 Å². The number of amides is 1. The Balaban J connectivity index is 1.65. The molecule has 4 rings (SSSR count). The molecule has 1 amide bonds. The molecule has 2 heterocycles. The van der Waals surface area contributed by atoms with E-state index in [0.29, 0.717) is 16.6 Å². The van der Waals surface area contributed by atoms with E-state index in [1.54, 1.807) is 4.90 Å². The van der Waals surface area contributed by atoms with Crippen LogP contribution in [0.2, 0.25) is 0 Å². The lowest BCUT2D eigenvalue weighted by Crippen LogP contribution is -2.28. The van der Waals surface area contributed by atoms with Crippen LogP contribution in [0.4, 0.5) is 11.4 Å². The summed E-state index contributed by atoms with van der Waals surface area (Å²) in [5.74, 6) is -0.0156. The predicted octanol–water partition coefficient (Wildman–Crippen LogP) is 5.93. The van der Waals surface area contributed by atoms with Crippen molar-refractivity contribution in [2.24, 2.45) is 4.99 Å². The molecule has 1 fully saturated rings. The fourth-order valence-corrected chi connectivity index (χ4v) is 4.75. The van der Waals surface area contributed by atoms with E-state index in [1.807, 2.05) is 98.9 Å². The Morgan fingerprint density at radius 1 is 1.10 bits per heavy atom. The van der Waals surface area contributed by atoms with E-state index in [4.69, 9.17) is 4.99 Å². The number of benzene rings is 2. The number of halogens is 1. The largest absolute Gasteiger partial charge is 0.378 e. The number of aromatic nitrogens is 1. The van der Waals surface area contributed by atoms with E-state index in [9.17, 15) is 4.79 Å². The number of rotatable bonds is 5. The first-order valence-electron chi connectivity index (χ1n) is 9.97. The Morgan fingerprint density at radius 3 is 2.55 bits per heavy atom. The Kier molecular flexibility index (Phi) is 6.34. The molecule has 158 valence electrons. The molecule has 1 aliphatic heterocycles.